The number of rotatable bonds is 14. The summed E-state index contributed by atoms with van der Waals surface area (Å²) in [6, 6.07) is 3.12. The molecular weight excluding hydrogens is 422 g/mol. The number of phenols is 2. The van der Waals surface area contributed by atoms with Gasteiger partial charge in [0.05, 0.1) is 6.04 Å². The fraction of sp³-hybridized carbons (Fsp3) is 0.500. The third kappa shape index (κ3) is 9.62. The molecule has 4 nitrogen and oxygen atoms in total. The van der Waals surface area contributed by atoms with E-state index in [4.69, 9.17) is 0 Å². The highest BCUT2D eigenvalue weighted by Gasteiger charge is 2.28. The minimum absolute atomic E-state index is 0.0840. The van der Waals surface area contributed by atoms with E-state index in [1.807, 2.05) is 11.8 Å². The van der Waals surface area contributed by atoms with E-state index in [-0.39, 0.29) is 23.4 Å². The highest BCUT2D eigenvalue weighted by atomic mass is 16.3. The van der Waals surface area contributed by atoms with Crippen molar-refractivity contribution in [3.63, 3.8) is 0 Å². The summed E-state index contributed by atoms with van der Waals surface area (Å²) < 4.78 is 0. The molecule has 1 amide bonds. The van der Waals surface area contributed by atoms with E-state index < -0.39 is 0 Å². The van der Waals surface area contributed by atoms with Crippen molar-refractivity contribution < 1.29 is 15.0 Å². The van der Waals surface area contributed by atoms with E-state index in [1.54, 1.807) is 12.1 Å². The third-order valence-electron chi connectivity index (χ3n) is 6.32. The van der Waals surface area contributed by atoms with E-state index in [0.29, 0.717) is 19.4 Å². The molecule has 0 radical (unpaired) electrons. The maximum Gasteiger partial charge on any atom is 0.223 e. The van der Waals surface area contributed by atoms with Crippen molar-refractivity contribution in [3.05, 3.63) is 71.9 Å². The second-order valence-electron chi connectivity index (χ2n) is 9.03. The second-order valence-corrected chi connectivity index (χ2v) is 9.03. The van der Waals surface area contributed by atoms with Crippen molar-refractivity contribution in [2.24, 2.45) is 0 Å². The number of aromatic hydroxyl groups is 2. The zero-order chi connectivity index (χ0) is 24.6. The van der Waals surface area contributed by atoms with Crippen molar-refractivity contribution >= 4 is 5.91 Å². The summed E-state index contributed by atoms with van der Waals surface area (Å²) in [5.41, 5.74) is 1.93. The Labute approximate surface area is 206 Å². The number of amides is 1. The van der Waals surface area contributed by atoms with Gasteiger partial charge in [-0.05, 0) is 81.5 Å². The second kappa shape index (κ2) is 16.0. The minimum atomic E-state index is -0.125. The van der Waals surface area contributed by atoms with Gasteiger partial charge in [-0.1, -0.05) is 68.4 Å². The van der Waals surface area contributed by atoms with Crippen LogP contribution < -0.4 is 0 Å². The van der Waals surface area contributed by atoms with Crippen LogP contribution in [-0.2, 0) is 11.2 Å². The zero-order valence-electron chi connectivity index (χ0n) is 21.1. The van der Waals surface area contributed by atoms with E-state index in [2.05, 4.69) is 55.5 Å². The van der Waals surface area contributed by atoms with Crippen LogP contribution in [0.1, 0.15) is 95.2 Å². The topological polar surface area (TPSA) is 60.8 Å². The Hall–Kier alpha value is -2.75. The Morgan fingerprint density at radius 2 is 1.44 bits per heavy atom. The van der Waals surface area contributed by atoms with Gasteiger partial charge < -0.3 is 15.1 Å². The number of unbranched alkanes of at least 4 members (excludes halogenated alkanes) is 4. The van der Waals surface area contributed by atoms with Crippen molar-refractivity contribution in [2.75, 3.05) is 6.54 Å². The fourth-order valence-corrected chi connectivity index (χ4v) is 4.26. The number of hydrogen-bond donors (Lipinski definition) is 2. The highest BCUT2D eigenvalue weighted by Crippen LogP contribution is 2.37. The molecule has 2 N–H and O–H groups in total. The van der Waals surface area contributed by atoms with Gasteiger partial charge in [-0.2, -0.15) is 0 Å². The number of fused-ring (bicyclic) bond motifs is 1. The summed E-state index contributed by atoms with van der Waals surface area (Å²) >= 11 is 0. The van der Waals surface area contributed by atoms with Gasteiger partial charge in [0.2, 0.25) is 5.91 Å². The number of phenolic OH excluding ortho intramolecular Hbond substituents is 2. The van der Waals surface area contributed by atoms with Crippen molar-refractivity contribution in [3.8, 4) is 11.5 Å². The molecule has 0 bridgehead atoms. The van der Waals surface area contributed by atoms with Gasteiger partial charge in [0, 0.05) is 13.0 Å². The predicted molar refractivity (Wildman–Crippen MR) is 142 cm³/mol. The first-order chi connectivity index (χ1) is 16.5. The Balaban J connectivity index is 1.56. The van der Waals surface area contributed by atoms with Gasteiger partial charge >= 0.3 is 0 Å². The van der Waals surface area contributed by atoms with E-state index >= 15 is 0 Å². The average molecular weight is 466 g/mol. The number of allylic oxidation sites excluding steroid dienone is 8. The summed E-state index contributed by atoms with van der Waals surface area (Å²) in [5.74, 6) is -0.0632. The molecule has 4 heteroatoms. The number of hydrogen-bond acceptors (Lipinski definition) is 3. The quantitative estimate of drug-likeness (QED) is 0.168. The molecule has 0 spiro atoms. The molecule has 1 heterocycles. The largest absolute Gasteiger partial charge is 0.504 e. The first-order valence-corrected chi connectivity index (χ1v) is 13.0. The highest BCUT2D eigenvalue weighted by molar-refractivity contribution is 5.77. The van der Waals surface area contributed by atoms with Gasteiger partial charge in [0.15, 0.2) is 11.5 Å². The van der Waals surface area contributed by atoms with Crippen LogP contribution in [0.5, 0.6) is 11.5 Å². The normalized spacial score (nSPS) is 16.4. The lowest BCUT2D eigenvalue weighted by molar-refractivity contribution is -0.133. The molecule has 1 aliphatic heterocycles. The predicted octanol–water partition coefficient (Wildman–Crippen LogP) is 7.69. The number of nitrogens with zero attached hydrogens (tertiary/aromatic N) is 1. The molecule has 0 saturated carbocycles. The van der Waals surface area contributed by atoms with Crippen LogP contribution in [0, 0.1) is 0 Å². The lowest BCUT2D eigenvalue weighted by atomic mass is 9.92. The summed E-state index contributed by atoms with van der Waals surface area (Å²) in [6.07, 6.45) is 28.7. The molecule has 0 aromatic heterocycles. The Bertz CT molecular complexity index is 866. The molecule has 1 aromatic rings. The fourth-order valence-electron chi connectivity index (χ4n) is 4.26. The standard InChI is InChI=1S/C30H43NO3/c1-3-4-5-6-7-8-9-10-11-12-13-14-15-16-17-18-19-20-30(34)31-22-21-26-23-28(32)29(33)24-27(26)25(31)2/h7-8,10-11,13-14,16-17,23-25,32-33H,3-6,9,12,15,18-22H2,1-2H3/b8-7-,11-10-,14-13-,17-16-. The molecule has 186 valence electrons. The smallest absolute Gasteiger partial charge is 0.223 e. The van der Waals surface area contributed by atoms with Gasteiger partial charge in [0.25, 0.3) is 0 Å². The molecule has 0 fully saturated rings. The maximum absolute atomic E-state index is 12.7. The van der Waals surface area contributed by atoms with Gasteiger partial charge in [-0.25, -0.2) is 0 Å². The monoisotopic (exact) mass is 465 g/mol. The molecular formula is C30H43NO3. The molecule has 1 aromatic carbocycles. The number of carbonyl (C=O) groups excluding carboxylic acids is 1. The molecule has 1 atom stereocenters. The van der Waals surface area contributed by atoms with Crippen LogP contribution in [-0.4, -0.2) is 27.6 Å². The number of benzene rings is 1. The van der Waals surface area contributed by atoms with E-state index in [1.165, 1.54) is 25.7 Å². The Kier molecular flexibility index (Phi) is 12.9. The van der Waals surface area contributed by atoms with Crippen molar-refractivity contribution in [1.82, 2.24) is 4.90 Å². The van der Waals surface area contributed by atoms with Crippen LogP contribution in [0.4, 0.5) is 0 Å². The van der Waals surface area contributed by atoms with Crippen LogP contribution in [0.2, 0.25) is 0 Å². The molecule has 2 rings (SSSR count). The summed E-state index contributed by atoms with van der Waals surface area (Å²) in [7, 11) is 0. The lowest BCUT2D eigenvalue weighted by Crippen LogP contribution is -2.38. The van der Waals surface area contributed by atoms with Crippen LogP contribution in [0.25, 0.3) is 0 Å². The van der Waals surface area contributed by atoms with Crippen molar-refractivity contribution in [1.29, 1.82) is 0 Å². The minimum Gasteiger partial charge on any atom is -0.504 e. The van der Waals surface area contributed by atoms with Gasteiger partial charge in [-0.15, -0.1) is 0 Å². The van der Waals surface area contributed by atoms with Crippen LogP contribution in [0.3, 0.4) is 0 Å². The molecule has 34 heavy (non-hydrogen) atoms. The van der Waals surface area contributed by atoms with Crippen LogP contribution in [0.15, 0.2) is 60.7 Å². The Morgan fingerprint density at radius 1 is 0.882 bits per heavy atom. The van der Waals surface area contributed by atoms with Crippen LogP contribution >= 0.6 is 0 Å². The summed E-state index contributed by atoms with van der Waals surface area (Å²) in [5, 5.41) is 19.5. The van der Waals surface area contributed by atoms with Gasteiger partial charge in [0.1, 0.15) is 0 Å². The van der Waals surface area contributed by atoms with E-state index in [9.17, 15) is 15.0 Å². The molecule has 0 saturated heterocycles. The van der Waals surface area contributed by atoms with Crippen molar-refractivity contribution in [2.45, 2.75) is 90.5 Å². The first kappa shape index (κ1) is 27.5. The molecule has 1 aliphatic rings. The third-order valence-corrected chi connectivity index (χ3v) is 6.32. The first-order valence-electron chi connectivity index (χ1n) is 13.0. The summed E-state index contributed by atoms with van der Waals surface area (Å²) in [6.45, 7) is 4.87. The lowest BCUT2D eigenvalue weighted by Gasteiger charge is -2.35. The Morgan fingerprint density at radius 3 is 2.06 bits per heavy atom. The molecule has 0 aliphatic carbocycles. The zero-order valence-corrected chi connectivity index (χ0v) is 21.1. The molecule has 1 unspecified atom stereocenters. The SMILES string of the molecule is CCCCC/C=C\C/C=C\C/C=C\C/C=C\CCCC(=O)N1CCc2cc(O)c(O)cc2C1C. The van der Waals surface area contributed by atoms with E-state index in [0.717, 1.165) is 43.2 Å². The maximum atomic E-state index is 12.7. The summed E-state index contributed by atoms with van der Waals surface area (Å²) in [4.78, 5) is 14.6. The number of carbonyl (C=O) groups is 1. The van der Waals surface area contributed by atoms with Gasteiger partial charge in [-0.3, -0.25) is 4.79 Å². The average Bonchev–Trinajstić information content (AvgIpc) is 2.82.